The number of methoxy groups -OCH3 is 1. The third-order valence-electron chi connectivity index (χ3n) is 14.6. The number of sulfone groups is 1. The van der Waals surface area contributed by atoms with Gasteiger partial charge in [0.05, 0.1) is 65.5 Å². The molecule has 0 aliphatic carbocycles. The van der Waals surface area contributed by atoms with Crippen LogP contribution in [0.5, 0.6) is 23.0 Å². The summed E-state index contributed by atoms with van der Waals surface area (Å²) in [6.45, 7) is 5.90. The number of imide groups is 2. The first-order valence-electron chi connectivity index (χ1n) is 23.8. The molecule has 3 fully saturated rings. The lowest BCUT2D eigenvalue weighted by molar-refractivity contribution is -0.137. The van der Waals surface area contributed by atoms with Crippen molar-refractivity contribution < 1.29 is 50.6 Å². The Balaban J connectivity index is 0.793. The molecule has 15 nitrogen and oxygen atoms in total. The fourth-order valence-electron chi connectivity index (χ4n) is 10.8. The average Bonchev–Trinajstić information content (AvgIpc) is 3.81. The number of rotatable bonds is 15. The molecule has 370 valence electrons. The summed E-state index contributed by atoms with van der Waals surface area (Å²) in [5.41, 5.74) is 1.79. The SMILES string of the molecule is CCOc1cc(C(CS(C)(=O)=O)N2C(=O)c3cccc(N4CCC(C5CCN(CC(F)(F)c6ccc(Oc7ccc8c([C@]9(C)CCC(=O)NC9=O)nn(C)c8c7)cc6)CC5)CC4)c3C2=O)ccc1OC. The maximum absolute atomic E-state index is 15.8. The zero-order chi connectivity index (χ0) is 49.7. The fraction of sp³-hybridized carbons (Fsp3) is 0.442. The third-order valence-corrected chi connectivity index (χ3v) is 15.6. The van der Waals surface area contributed by atoms with Crippen molar-refractivity contribution in [2.75, 3.05) is 63.3 Å². The highest BCUT2D eigenvalue weighted by molar-refractivity contribution is 7.90. The first-order valence-corrected chi connectivity index (χ1v) is 25.9. The van der Waals surface area contributed by atoms with Crippen molar-refractivity contribution >= 4 is 50.1 Å². The number of anilines is 1. The van der Waals surface area contributed by atoms with Gasteiger partial charge in [0, 0.05) is 49.8 Å². The summed E-state index contributed by atoms with van der Waals surface area (Å²) < 4.78 is 76.1. The number of amides is 4. The van der Waals surface area contributed by atoms with E-state index in [2.05, 4.69) is 15.3 Å². The van der Waals surface area contributed by atoms with E-state index < -0.39 is 51.3 Å². The van der Waals surface area contributed by atoms with E-state index in [0.29, 0.717) is 91.0 Å². The molecule has 1 N–H and O–H groups in total. The van der Waals surface area contributed by atoms with Gasteiger partial charge in [-0.05, 0) is 137 Å². The van der Waals surface area contributed by atoms with Crippen LogP contribution in [0.3, 0.4) is 0 Å². The molecule has 18 heteroatoms. The second-order valence-corrected chi connectivity index (χ2v) is 21.4. The minimum Gasteiger partial charge on any atom is -0.493 e. The molecule has 1 aromatic heterocycles. The standard InChI is InChI=1S/C52H58F2N6O9S/c1-6-68-44-28-34(10-17-43(44)67-4)42(30-70(5,65)66)60-48(62)39-8-7-9-40(46(39)49(60)63)59-26-21-33(22-27-59)32-19-24-58(25-20-32)31-52(53,54)35-11-13-36(14-12-35)69-37-15-16-38-41(29-37)57(3)56-47(38)51(2)23-18-45(61)55-50(51)64/h7-17,28-29,32-33,42H,6,18-27,30-31H2,1-5H3,(H,55,61,64)/t42?,51-/m0/s1. The summed E-state index contributed by atoms with van der Waals surface area (Å²) in [4.78, 5) is 58.1. The number of hydrogen-bond donors (Lipinski definition) is 1. The number of carbonyl (C=O) groups is 4. The summed E-state index contributed by atoms with van der Waals surface area (Å²) in [6, 6.07) is 20.2. The minimum atomic E-state index is -3.67. The molecule has 0 spiro atoms. The van der Waals surface area contributed by atoms with Crippen molar-refractivity contribution in [1.82, 2.24) is 24.9 Å². The van der Waals surface area contributed by atoms with Crippen LogP contribution in [0, 0.1) is 11.8 Å². The zero-order valence-corrected chi connectivity index (χ0v) is 40.8. The third kappa shape index (κ3) is 9.46. The maximum Gasteiger partial charge on any atom is 0.285 e. The molecule has 5 heterocycles. The summed E-state index contributed by atoms with van der Waals surface area (Å²) in [7, 11) is -0.407. The van der Waals surface area contributed by atoms with Crippen LogP contribution >= 0.6 is 0 Å². The molecule has 1 unspecified atom stereocenters. The van der Waals surface area contributed by atoms with E-state index in [0.717, 1.165) is 47.7 Å². The fourth-order valence-corrected chi connectivity index (χ4v) is 11.7. The first kappa shape index (κ1) is 48.6. The van der Waals surface area contributed by atoms with Gasteiger partial charge in [-0.2, -0.15) is 13.9 Å². The number of likely N-dealkylation sites (tertiary alicyclic amines) is 1. The highest BCUT2D eigenvalue weighted by Gasteiger charge is 2.46. The van der Waals surface area contributed by atoms with Crippen LogP contribution in [0.15, 0.2) is 78.9 Å². The van der Waals surface area contributed by atoms with Gasteiger partial charge in [0.1, 0.15) is 21.3 Å². The van der Waals surface area contributed by atoms with Gasteiger partial charge in [-0.3, -0.25) is 39.0 Å². The summed E-state index contributed by atoms with van der Waals surface area (Å²) in [5.74, 6) is -2.93. The maximum atomic E-state index is 15.8. The molecule has 9 rings (SSSR count). The average molecular weight is 981 g/mol. The van der Waals surface area contributed by atoms with E-state index >= 15 is 8.78 Å². The number of carbonyl (C=O) groups excluding carboxylic acids is 4. The Labute approximate surface area is 405 Å². The van der Waals surface area contributed by atoms with Gasteiger partial charge >= 0.3 is 0 Å². The Morgan fingerprint density at radius 3 is 2.21 bits per heavy atom. The molecule has 4 aliphatic heterocycles. The van der Waals surface area contributed by atoms with Gasteiger partial charge < -0.3 is 19.1 Å². The lowest BCUT2D eigenvalue weighted by atomic mass is 9.77. The number of aromatic nitrogens is 2. The number of hydrogen-bond acceptors (Lipinski definition) is 12. The van der Waals surface area contributed by atoms with E-state index in [1.54, 1.807) is 68.0 Å². The number of alkyl halides is 2. The van der Waals surface area contributed by atoms with Gasteiger partial charge in [-0.15, -0.1) is 0 Å². The molecular formula is C52H58F2N6O9S. The van der Waals surface area contributed by atoms with Crippen molar-refractivity contribution in [2.45, 2.75) is 69.8 Å². The molecule has 0 bridgehead atoms. The number of halogens is 2. The highest BCUT2D eigenvalue weighted by atomic mass is 32.2. The highest BCUT2D eigenvalue weighted by Crippen LogP contribution is 2.43. The molecule has 4 amide bonds. The largest absolute Gasteiger partial charge is 0.493 e. The predicted octanol–water partition coefficient (Wildman–Crippen LogP) is 7.57. The molecular weight excluding hydrogens is 923 g/mol. The van der Waals surface area contributed by atoms with Crippen molar-refractivity contribution in [3.8, 4) is 23.0 Å². The molecule has 70 heavy (non-hydrogen) atoms. The number of nitrogens with one attached hydrogen (secondary N) is 1. The van der Waals surface area contributed by atoms with Crippen LogP contribution in [0.2, 0.25) is 0 Å². The number of fused-ring (bicyclic) bond motifs is 2. The quantitative estimate of drug-likeness (QED) is 0.102. The monoisotopic (exact) mass is 980 g/mol. The lowest BCUT2D eigenvalue weighted by Gasteiger charge is -2.41. The van der Waals surface area contributed by atoms with Gasteiger partial charge in [-0.1, -0.05) is 12.1 Å². The van der Waals surface area contributed by atoms with E-state index in [9.17, 15) is 27.6 Å². The Morgan fingerprint density at radius 2 is 1.56 bits per heavy atom. The number of nitrogens with zero attached hydrogens (tertiary/aromatic N) is 5. The van der Waals surface area contributed by atoms with Crippen LogP contribution in [-0.2, 0) is 37.8 Å². The summed E-state index contributed by atoms with van der Waals surface area (Å²) in [6.07, 6.45) is 4.91. The van der Waals surface area contributed by atoms with Crippen LogP contribution in [0.4, 0.5) is 14.5 Å². The van der Waals surface area contributed by atoms with E-state index in [1.165, 1.54) is 31.4 Å². The van der Waals surface area contributed by atoms with E-state index in [4.69, 9.17) is 14.2 Å². The Hall–Kier alpha value is -6.40. The number of aryl methyl sites for hydroxylation is 1. The van der Waals surface area contributed by atoms with Crippen LogP contribution in [0.25, 0.3) is 10.9 Å². The molecule has 0 saturated carbocycles. The smallest absolute Gasteiger partial charge is 0.285 e. The van der Waals surface area contributed by atoms with E-state index in [-0.39, 0.29) is 34.9 Å². The molecule has 5 aromatic rings. The van der Waals surface area contributed by atoms with Crippen molar-refractivity contribution in [2.24, 2.45) is 18.9 Å². The topological polar surface area (TPSA) is 170 Å². The Kier molecular flexibility index (Phi) is 13.2. The van der Waals surface area contributed by atoms with E-state index in [1.807, 2.05) is 17.0 Å². The second-order valence-electron chi connectivity index (χ2n) is 19.3. The predicted molar refractivity (Wildman–Crippen MR) is 259 cm³/mol. The summed E-state index contributed by atoms with van der Waals surface area (Å²) in [5, 5.41) is 7.83. The molecule has 4 aromatic carbocycles. The zero-order valence-electron chi connectivity index (χ0n) is 40.0. The van der Waals surface area contributed by atoms with Crippen LogP contribution in [0.1, 0.15) is 96.0 Å². The number of benzene rings is 4. The molecule has 2 atom stereocenters. The normalized spacial score (nSPS) is 20.2. The molecule has 0 radical (unpaired) electrons. The first-order chi connectivity index (χ1) is 33.4. The minimum absolute atomic E-state index is 0.100. The van der Waals surface area contributed by atoms with Crippen LogP contribution in [-0.4, -0.2) is 110 Å². The van der Waals surface area contributed by atoms with Gasteiger partial charge in [0.25, 0.3) is 17.7 Å². The van der Waals surface area contributed by atoms with Gasteiger partial charge in [-0.25, -0.2) is 8.42 Å². The van der Waals surface area contributed by atoms with Crippen molar-refractivity contribution in [3.05, 3.63) is 107 Å². The molecule has 4 aliphatic rings. The van der Waals surface area contributed by atoms with Gasteiger partial charge in [0.2, 0.25) is 11.8 Å². The number of ether oxygens (including phenoxy) is 3. The lowest BCUT2D eigenvalue weighted by Crippen LogP contribution is -2.50. The number of piperidine rings is 3. The van der Waals surface area contributed by atoms with Gasteiger partial charge in [0.15, 0.2) is 11.5 Å². The second kappa shape index (κ2) is 19.1. The van der Waals surface area contributed by atoms with Crippen molar-refractivity contribution in [1.29, 1.82) is 0 Å². The summed E-state index contributed by atoms with van der Waals surface area (Å²) >= 11 is 0. The molecule has 3 saturated heterocycles. The Morgan fingerprint density at radius 1 is 0.871 bits per heavy atom. The Bertz CT molecular complexity index is 2970. The van der Waals surface area contributed by atoms with Crippen LogP contribution < -0.4 is 24.4 Å². The van der Waals surface area contributed by atoms with Crippen molar-refractivity contribution in [3.63, 3.8) is 0 Å².